The van der Waals surface area contributed by atoms with E-state index in [0.29, 0.717) is 36.2 Å². The molecule has 5 rings (SSSR count). The van der Waals surface area contributed by atoms with E-state index in [1.54, 1.807) is 23.1 Å². The van der Waals surface area contributed by atoms with Gasteiger partial charge in [0, 0.05) is 29.5 Å². The summed E-state index contributed by atoms with van der Waals surface area (Å²) in [6, 6.07) is 6.28. The van der Waals surface area contributed by atoms with E-state index in [-0.39, 0.29) is 29.7 Å². The minimum atomic E-state index is -4.38. The Labute approximate surface area is 199 Å². The molecule has 0 radical (unpaired) electrons. The van der Waals surface area contributed by atoms with Crippen molar-refractivity contribution in [3.05, 3.63) is 58.0 Å². The summed E-state index contributed by atoms with van der Waals surface area (Å²) in [6.45, 7) is 6.01. The maximum Gasteiger partial charge on any atom is 0.405 e. The first-order chi connectivity index (χ1) is 16.4. The third-order valence-corrected chi connectivity index (χ3v) is 6.62. The van der Waals surface area contributed by atoms with E-state index in [4.69, 9.17) is 0 Å². The number of pyridine rings is 1. The molecule has 9 heteroatoms. The molecule has 2 aromatic heterocycles. The number of benzene rings is 1. The Morgan fingerprint density at radius 1 is 1.11 bits per heavy atom. The van der Waals surface area contributed by atoms with Crippen LogP contribution < -0.4 is 10.6 Å². The van der Waals surface area contributed by atoms with E-state index in [0.717, 1.165) is 0 Å². The second kappa shape index (κ2) is 7.80. The van der Waals surface area contributed by atoms with Gasteiger partial charge in [0.1, 0.15) is 16.9 Å². The Morgan fingerprint density at radius 3 is 2.51 bits per heavy atom. The highest BCUT2D eigenvalue weighted by molar-refractivity contribution is 5.93. The lowest BCUT2D eigenvalue weighted by Crippen LogP contribution is -2.38. The Balaban J connectivity index is 1.68. The second-order valence-corrected chi connectivity index (χ2v) is 10.1. The zero-order valence-electron chi connectivity index (χ0n) is 19.6. The third-order valence-electron chi connectivity index (χ3n) is 6.62. The molecular formula is C26H24F4N4O. The number of fused-ring (bicyclic) bond motifs is 2. The quantitative estimate of drug-likeness (QED) is 0.340. The highest BCUT2D eigenvalue weighted by Gasteiger charge is 2.62. The fourth-order valence-corrected chi connectivity index (χ4v) is 4.69. The molecule has 0 N–H and O–H groups in total. The molecule has 3 aromatic rings. The fraction of sp³-hybridized carbons (Fsp3) is 0.423. The van der Waals surface area contributed by atoms with Crippen molar-refractivity contribution < 1.29 is 17.6 Å². The van der Waals surface area contributed by atoms with Gasteiger partial charge >= 0.3 is 11.9 Å². The van der Waals surface area contributed by atoms with Crippen molar-refractivity contribution in [2.75, 3.05) is 11.4 Å². The van der Waals surface area contributed by atoms with E-state index < -0.39 is 28.6 Å². The van der Waals surface area contributed by atoms with Gasteiger partial charge < -0.3 is 4.90 Å². The first kappa shape index (κ1) is 23.3. The van der Waals surface area contributed by atoms with E-state index in [1.165, 1.54) is 16.8 Å². The number of alkyl halides is 3. The number of hydrogen-bond acceptors (Lipinski definition) is 4. The van der Waals surface area contributed by atoms with Crippen LogP contribution in [0.15, 0.2) is 35.3 Å². The zero-order valence-corrected chi connectivity index (χ0v) is 19.6. The first-order valence-electron chi connectivity index (χ1n) is 11.5. The van der Waals surface area contributed by atoms with Gasteiger partial charge in [0.2, 0.25) is 0 Å². The molecule has 1 aromatic carbocycles. The van der Waals surface area contributed by atoms with Crippen molar-refractivity contribution in [2.24, 2.45) is 5.41 Å². The first-order valence-corrected chi connectivity index (χ1v) is 11.5. The Kier molecular flexibility index (Phi) is 5.20. The average Bonchev–Trinajstić information content (AvgIpc) is 3.57. The number of rotatable bonds is 1. The van der Waals surface area contributed by atoms with Crippen LogP contribution in [0.4, 0.5) is 29.1 Å². The van der Waals surface area contributed by atoms with E-state index in [2.05, 4.69) is 21.8 Å². The number of aromatic nitrogens is 3. The molecule has 1 saturated carbocycles. The maximum atomic E-state index is 15.2. The summed E-state index contributed by atoms with van der Waals surface area (Å²) >= 11 is 0. The van der Waals surface area contributed by atoms with Crippen LogP contribution >= 0.6 is 0 Å². The van der Waals surface area contributed by atoms with Crippen LogP contribution in [0, 0.1) is 23.1 Å². The summed E-state index contributed by atoms with van der Waals surface area (Å²) in [6.07, 6.45) is -1.74. The summed E-state index contributed by atoms with van der Waals surface area (Å²) in [4.78, 5) is 23.4. The summed E-state index contributed by atoms with van der Waals surface area (Å²) in [5.74, 6) is 4.77. The van der Waals surface area contributed by atoms with Crippen LogP contribution in [-0.2, 0) is 12.0 Å². The van der Waals surface area contributed by atoms with Crippen molar-refractivity contribution in [3.63, 3.8) is 0 Å². The van der Waals surface area contributed by atoms with Gasteiger partial charge in [-0.3, -0.25) is 4.57 Å². The van der Waals surface area contributed by atoms with Gasteiger partial charge in [-0.1, -0.05) is 12.0 Å². The van der Waals surface area contributed by atoms with Crippen molar-refractivity contribution in [3.8, 4) is 11.8 Å². The Hall–Kier alpha value is -3.41. The predicted molar refractivity (Wildman–Crippen MR) is 125 cm³/mol. The highest BCUT2D eigenvalue weighted by atomic mass is 19.4. The zero-order chi connectivity index (χ0) is 25.2. The Bertz CT molecular complexity index is 1450. The van der Waals surface area contributed by atoms with Gasteiger partial charge in [0.25, 0.3) is 0 Å². The van der Waals surface area contributed by atoms with Crippen molar-refractivity contribution in [2.45, 2.75) is 58.2 Å². The Morgan fingerprint density at radius 2 is 1.86 bits per heavy atom. The van der Waals surface area contributed by atoms with Gasteiger partial charge in [-0.2, -0.15) is 18.2 Å². The lowest BCUT2D eigenvalue weighted by atomic mass is 9.99. The predicted octanol–water partition coefficient (Wildman–Crippen LogP) is 5.46. The molecule has 0 amide bonds. The number of halogens is 4. The molecular weight excluding hydrogens is 460 g/mol. The van der Waals surface area contributed by atoms with Gasteiger partial charge in [-0.15, -0.1) is 0 Å². The smallest absolute Gasteiger partial charge is 0.325 e. The van der Waals surface area contributed by atoms with E-state index in [1.807, 2.05) is 20.8 Å². The van der Waals surface area contributed by atoms with E-state index >= 15 is 4.39 Å². The molecule has 3 heterocycles. The number of nitrogens with zero attached hydrogens (tertiary/aromatic N) is 4. The second-order valence-electron chi connectivity index (χ2n) is 10.1. The average molecular weight is 484 g/mol. The molecule has 35 heavy (non-hydrogen) atoms. The molecule has 0 spiro atoms. The van der Waals surface area contributed by atoms with E-state index in [9.17, 15) is 18.0 Å². The van der Waals surface area contributed by atoms with Crippen molar-refractivity contribution in [1.82, 2.24) is 14.5 Å². The van der Waals surface area contributed by atoms with Crippen LogP contribution in [0.25, 0.3) is 10.9 Å². The molecule has 182 valence electrons. The third kappa shape index (κ3) is 3.85. The molecule has 0 saturated heterocycles. The van der Waals surface area contributed by atoms with Crippen molar-refractivity contribution >= 4 is 22.4 Å². The minimum absolute atomic E-state index is 0.0100. The molecule has 1 aliphatic carbocycles. The minimum Gasteiger partial charge on any atom is -0.325 e. The monoisotopic (exact) mass is 484 g/mol. The van der Waals surface area contributed by atoms with Crippen LogP contribution in [0.3, 0.4) is 0 Å². The molecule has 5 nitrogen and oxygen atoms in total. The standard InChI is InChI=1S/C26H24F4N4O/c1-24(2,3)34-20-8-4-7-17(27)21(20)22(32-23(34)35)33-15-5-6-16-18(31-14-10-19(16)33)9-11-25(12-13-25)26(28,29)30/h4,7-8,10,14H,5-6,12-13,15H2,1-3H3. The van der Waals surface area contributed by atoms with Gasteiger partial charge in [-0.05, 0) is 70.6 Å². The van der Waals surface area contributed by atoms with Crippen molar-refractivity contribution in [1.29, 1.82) is 0 Å². The fourth-order valence-electron chi connectivity index (χ4n) is 4.69. The molecule has 1 aliphatic heterocycles. The molecule has 2 aliphatic rings. The topological polar surface area (TPSA) is 51.0 Å². The van der Waals surface area contributed by atoms with Crippen LogP contribution in [0.2, 0.25) is 0 Å². The summed E-state index contributed by atoms with van der Waals surface area (Å²) in [5, 5.41) is 0.216. The summed E-state index contributed by atoms with van der Waals surface area (Å²) in [5.41, 5.74) is -1.09. The van der Waals surface area contributed by atoms with Crippen LogP contribution in [0.1, 0.15) is 51.3 Å². The lowest BCUT2D eigenvalue weighted by Gasteiger charge is -2.32. The summed E-state index contributed by atoms with van der Waals surface area (Å²) in [7, 11) is 0. The molecule has 0 bridgehead atoms. The summed E-state index contributed by atoms with van der Waals surface area (Å²) < 4.78 is 56.7. The normalized spacial score (nSPS) is 17.1. The SMILES string of the molecule is CC(C)(C)n1c(=O)nc(N2CCCc3c2ccnc3C#CC2(C(F)(F)F)CC2)c2c(F)cccc21. The number of anilines is 2. The molecule has 1 fully saturated rings. The highest BCUT2D eigenvalue weighted by Crippen LogP contribution is 2.57. The largest absolute Gasteiger partial charge is 0.405 e. The molecule has 0 atom stereocenters. The van der Waals surface area contributed by atoms with Crippen LogP contribution in [-0.4, -0.2) is 27.3 Å². The van der Waals surface area contributed by atoms with Gasteiger partial charge in [0.05, 0.1) is 10.9 Å². The van der Waals surface area contributed by atoms with Crippen LogP contribution in [0.5, 0.6) is 0 Å². The number of hydrogen-bond donors (Lipinski definition) is 0. The molecule has 0 unspecified atom stereocenters. The lowest BCUT2D eigenvalue weighted by molar-refractivity contribution is -0.168. The maximum absolute atomic E-state index is 15.2. The van der Waals surface area contributed by atoms with Gasteiger partial charge in [-0.25, -0.2) is 14.2 Å². The van der Waals surface area contributed by atoms with Gasteiger partial charge in [0.15, 0.2) is 5.82 Å².